The van der Waals surface area contributed by atoms with Crippen LogP contribution in [0.1, 0.15) is 5.56 Å². The quantitative estimate of drug-likeness (QED) is 0.717. The van der Waals surface area contributed by atoms with Crippen LogP contribution in [0.15, 0.2) is 53.3 Å². The van der Waals surface area contributed by atoms with Gasteiger partial charge in [0, 0.05) is 33.9 Å². The summed E-state index contributed by atoms with van der Waals surface area (Å²) < 4.78 is 0. The molecule has 2 aromatic carbocycles. The van der Waals surface area contributed by atoms with Gasteiger partial charge in [-0.3, -0.25) is 4.79 Å². The molecule has 1 aliphatic rings. The first-order valence-electron chi connectivity index (χ1n) is 7.45. The molecule has 3 aromatic rings. The molecule has 23 heavy (non-hydrogen) atoms. The number of fused-ring (bicyclic) bond motifs is 3. The normalized spacial score (nSPS) is 12.7. The summed E-state index contributed by atoms with van der Waals surface area (Å²) in [6, 6.07) is 15.2. The Morgan fingerprint density at radius 2 is 1.83 bits per heavy atom. The highest BCUT2D eigenvalue weighted by atomic mass is 35.5. The summed E-state index contributed by atoms with van der Waals surface area (Å²) in [6.07, 6.45) is 0.646. The molecule has 0 unspecified atom stereocenters. The minimum absolute atomic E-state index is 0.0848. The van der Waals surface area contributed by atoms with Crippen molar-refractivity contribution in [2.75, 3.05) is 11.9 Å². The van der Waals surface area contributed by atoms with Crippen molar-refractivity contribution >= 4 is 17.3 Å². The van der Waals surface area contributed by atoms with E-state index < -0.39 is 0 Å². The molecule has 0 fully saturated rings. The molecule has 2 heterocycles. The van der Waals surface area contributed by atoms with Crippen molar-refractivity contribution in [2.24, 2.45) is 0 Å². The van der Waals surface area contributed by atoms with Gasteiger partial charge in [0.15, 0.2) is 0 Å². The van der Waals surface area contributed by atoms with Crippen LogP contribution in [0, 0.1) is 0 Å². The van der Waals surface area contributed by atoms with Crippen LogP contribution in [-0.4, -0.2) is 16.5 Å². The fourth-order valence-electron chi connectivity index (χ4n) is 2.86. The number of hydrogen-bond donors (Lipinski definition) is 2. The van der Waals surface area contributed by atoms with Crippen LogP contribution in [0.3, 0.4) is 0 Å². The minimum atomic E-state index is -0.0848. The fourth-order valence-corrected chi connectivity index (χ4v) is 2.99. The van der Waals surface area contributed by atoms with Crippen LogP contribution in [0.4, 0.5) is 5.69 Å². The van der Waals surface area contributed by atoms with Crippen molar-refractivity contribution in [3.05, 3.63) is 69.5 Å². The Labute approximate surface area is 138 Å². The van der Waals surface area contributed by atoms with Gasteiger partial charge in [-0.15, -0.1) is 0 Å². The molecule has 5 heteroatoms. The maximum atomic E-state index is 12.5. The zero-order valence-corrected chi connectivity index (χ0v) is 13.0. The lowest BCUT2D eigenvalue weighted by atomic mass is 10.0. The van der Waals surface area contributed by atoms with Crippen molar-refractivity contribution in [2.45, 2.75) is 6.42 Å². The lowest BCUT2D eigenvalue weighted by Gasteiger charge is -2.10. The van der Waals surface area contributed by atoms with Gasteiger partial charge in [-0.05, 0) is 36.8 Å². The molecule has 0 bridgehead atoms. The summed E-state index contributed by atoms with van der Waals surface area (Å²) in [5.41, 5.74) is 4.19. The van der Waals surface area contributed by atoms with E-state index >= 15 is 0 Å². The van der Waals surface area contributed by atoms with Crippen LogP contribution in [-0.2, 0) is 6.42 Å². The number of H-pyrrole nitrogens is 1. The van der Waals surface area contributed by atoms with E-state index in [-0.39, 0.29) is 5.56 Å². The van der Waals surface area contributed by atoms with Crippen LogP contribution in [0.25, 0.3) is 22.6 Å². The summed E-state index contributed by atoms with van der Waals surface area (Å²) in [5, 5.41) is 4.01. The van der Waals surface area contributed by atoms with Crippen LogP contribution < -0.4 is 10.9 Å². The summed E-state index contributed by atoms with van der Waals surface area (Å²) in [6.45, 7) is 0.717. The molecular formula is C18H14ClN3O. The number of anilines is 1. The van der Waals surface area contributed by atoms with E-state index in [0.717, 1.165) is 34.6 Å². The van der Waals surface area contributed by atoms with Crippen molar-refractivity contribution in [3.63, 3.8) is 0 Å². The summed E-state index contributed by atoms with van der Waals surface area (Å²) in [5.74, 6) is 0.558. The van der Waals surface area contributed by atoms with Gasteiger partial charge in [-0.2, -0.15) is 0 Å². The van der Waals surface area contributed by atoms with Crippen LogP contribution in [0.5, 0.6) is 0 Å². The van der Waals surface area contributed by atoms with Gasteiger partial charge in [0.05, 0.1) is 5.69 Å². The Bertz CT molecular complexity index is 932. The molecule has 1 aromatic heterocycles. The number of benzene rings is 2. The number of nitrogens with one attached hydrogen (secondary N) is 2. The molecule has 114 valence electrons. The summed E-state index contributed by atoms with van der Waals surface area (Å²) in [7, 11) is 0. The first-order valence-corrected chi connectivity index (χ1v) is 7.82. The first-order chi connectivity index (χ1) is 11.2. The molecule has 0 saturated carbocycles. The second-order valence-corrected chi connectivity index (χ2v) is 5.91. The largest absolute Gasteiger partial charge is 0.384 e. The predicted molar refractivity (Wildman–Crippen MR) is 92.9 cm³/mol. The van der Waals surface area contributed by atoms with Gasteiger partial charge in [-0.1, -0.05) is 29.8 Å². The second kappa shape index (κ2) is 5.56. The fraction of sp³-hybridized carbons (Fsp3) is 0.111. The van der Waals surface area contributed by atoms with Gasteiger partial charge >= 0.3 is 0 Å². The average molecular weight is 324 g/mol. The predicted octanol–water partition coefficient (Wildman–Crippen LogP) is 3.73. The van der Waals surface area contributed by atoms with Crippen LogP contribution in [0.2, 0.25) is 5.02 Å². The highest BCUT2D eigenvalue weighted by molar-refractivity contribution is 6.30. The van der Waals surface area contributed by atoms with Crippen molar-refractivity contribution < 1.29 is 0 Å². The van der Waals surface area contributed by atoms with Crippen molar-refractivity contribution in [3.8, 4) is 22.6 Å². The van der Waals surface area contributed by atoms with Gasteiger partial charge in [-0.25, -0.2) is 4.98 Å². The van der Waals surface area contributed by atoms with E-state index in [9.17, 15) is 4.79 Å². The monoisotopic (exact) mass is 323 g/mol. The Morgan fingerprint density at radius 3 is 2.65 bits per heavy atom. The molecule has 0 saturated heterocycles. The molecule has 0 spiro atoms. The van der Waals surface area contributed by atoms with E-state index in [1.54, 1.807) is 12.1 Å². The zero-order chi connectivity index (χ0) is 15.8. The number of nitrogens with zero attached hydrogens (tertiary/aromatic N) is 1. The number of halogens is 1. The Balaban J connectivity index is 1.95. The Morgan fingerprint density at radius 1 is 1.04 bits per heavy atom. The minimum Gasteiger partial charge on any atom is -0.384 e. The Kier molecular flexibility index (Phi) is 3.39. The third-order valence-electron chi connectivity index (χ3n) is 4.01. The topological polar surface area (TPSA) is 57.8 Å². The third kappa shape index (κ3) is 2.51. The summed E-state index contributed by atoms with van der Waals surface area (Å²) in [4.78, 5) is 20.2. The van der Waals surface area contributed by atoms with E-state index in [1.165, 1.54) is 0 Å². The van der Waals surface area contributed by atoms with Gasteiger partial charge in [0.2, 0.25) is 0 Å². The molecule has 4 nitrogen and oxygen atoms in total. The van der Waals surface area contributed by atoms with Gasteiger partial charge in [0.1, 0.15) is 5.82 Å². The Hall–Kier alpha value is -2.59. The molecule has 0 aliphatic carbocycles. The highest BCUT2D eigenvalue weighted by Crippen LogP contribution is 2.31. The molecule has 1 aliphatic heterocycles. The zero-order valence-electron chi connectivity index (χ0n) is 12.3. The van der Waals surface area contributed by atoms with E-state index in [1.807, 2.05) is 36.4 Å². The maximum Gasteiger partial charge on any atom is 0.255 e. The molecule has 0 atom stereocenters. The van der Waals surface area contributed by atoms with E-state index in [0.29, 0.717) is 17.3 Å². The van der Waals surface area contributed by atoms with E-state index in [4.69, 9.17) is 16.6 Å². The van der Waals surface area contributed by atoms with Crippen molar-refractivity contribution in [1.29, 1.82) is 0 Å². The maximum absolute atomic E-state index is 12.5. The highest BCUT2D eigenvalue weighted by Gasteiger charge is 2.19. The van der Waals surface area contributed by atoms with E-state index in [2.05, 4.69) is 10.3 Å². The number of hydrogen-bond acceptors (Lipinski definition) is 3. The smallest absolute Gasteiger partial charge is 0.255 e. The molecule has 0 amide bonds. The molecule has 4 rings (SSSR count). The average Bonchev–Trinajstić information content (AvgIpc) is 2.75. The number of rotatable bonds is 1. The molecular weight excluding hydrogens is 310 g/mol. The standard InChI is InChI=1S/C18H14ClN3O/c19-12-7-5-11(6-8-12)17-21-16-13-3-1-2-4-15(13)20-10-9-14(16)18(23)22-17/h1-8,20H,9-10H2,(H,21,22,23). The first kappa shape index (κ1) is 14.0. The SMILES string of the molecule is O=c1[nH]c(-c2ccc(Cl)cc2)nc2c1CCNc1ccccc1-2. The lowest BCUT2D eigenvalue weighted by molar-refractivity contribution is 0.976. The lowest BCUT2D eigenvalue weighted by Crippen LogP contribution is -2.18. The summed E-state index contributed by atoms with van der Waals surface area (Å²) >= 11 is 5.93. The van der Waals surface area contributed by atoms with Gasteiger partial charge in [0.25, 0.3) is 5.56 Å². The second-order valence-electron chi connectivity index (χ2n) is 5.47. The number of aromatic amines is 1. The third-order valence-corrected chi connectivity index (χ3v) is 4.26. The van der Waals surface area contributed by atoms with Crippen molar-refractivity contribution in [1.82, 2.24) is 9.97 Å². The van der Waals surface area contributed by atoms with Crippen LogP contribution >= 0.6 is 11.6 Å². The van der Waals surface area contributed by atoms with Gasteiger partial charge < -0.3 is 10.3 Å². The molecule has 0 radical (unpaired) electrons. The number of aromatic nitrogens is 2. The molecule has 2 N–H and O–H groups in total. The number of para-hydroxylation sites is 1.